The molecule has 4 rings (SSSR count). The van der Waals surface area contributed by atoms with Gasteiger partial charge in [0.25, 0.3) is 0 Å². The molecule has 0 aromatic heterocycles. The molecule has 4 fully saturated rings. The van der Waals surface area contributed by atoms with Gasteiger partial charge in [-0.2, -0.15) is 0 Å². The van der Waals surface area contributed by atoms with Gasteiger partial charge in [-0.05, 0) is 91.3 Å². The molecule has 3 heteroatoms. The number of aliphatic hydroxyl groups excluding tert-OH is 1. The lowest BCUT2D eigenvalue weighted by molar-refractivity contribution is -0.196. The van der Waals surface area contributed by atoms with Crippen LogP contribution in [0.25, 0.3) is 0 Å². The Bertz CT molecular complexity index is 630. The zero-order valence-corrected chi connectivity index (χ0v) is 20.2. The van der Waals surface area contributed by atoms with Crippen LogP contribution in [-0.4, -0.2) is 17.4 Å². The molecule has 1 N–H and O–H groups in total. The molecule has 0 aromatic carbocycles. The number of hydrogen-bond donors (Lipinski definition) is 1. The van der Waals surface area contributed by atoms with Crippen LogP contribution in [0.4, 0.5) is 0 Å². The van der Waals surface area contributed by atoms with Crippen LogP contribution >= 0.6 is 0 Å². The van der Waals surface area contributed by atoms with E-state index in [0.29, 0.717) is 17.8 Å². The van der Waals surface area contributed by atoms with Gasteiger partial charge < -0.3 is 9.84 Å². The highest BCUT2D eigenvalue weighted by atomic mass is 16.6. The lowest BCUT2D eigenvalue weighted by Crippen LogP contribution is -2.54. The van der Waals surface area contributed by atoms with E-state index in [9.17, 15) is 9.90 Å². The number of carbonyl (C=O) groups excluding carboxylic acids is 1. The molecule has 1 heterocycles. The van der Waals surface area contributed by atoms with Gasteiger partial charge in [-0.3, -0.25) is 4.79 Å². The number of carbonyl (C=O) groups is 1. The summed E-state index contributed by atoms with van der Waals surface area (Å²) in [4.78, 5) is 12.0. The summed E-state index contributed by atoms with van der Waals surface area (Å²) in [6, 6.07) is 0. The first-order valence-corrected chi connectivity index (χ1v) is 13.0. The van der Waals surface area contributed by atoms with Crippen molar-refractivity contribution in [1.82, 2.24) is 0 Å². The zero-order chi connectivity index (χ0) is 21.7. The molecule has 3 nitrogen and oxygen atoms in total. The monoisotopic (exact) mass is 418 g/mol. The molecule has 0 aromatic rings. The Hall–Kier alpha value is -0.570. The van der Waals surface area contributed by atoms with Crippen LogP contribution in [0.3, 0.4) is 0 Å². The van der Waals surface area contributed by atoms with E-state index in [1.165, 1.54) is 51.4 Å². The van der Waals surface area contributed by atoms with Gasteiger partial charge in [-0.1, -0.05) is 53.9 Å². The van der Waals surface area contributed by atoms with E-state index in [4.69, 9.17) is 4.74 Å². The van der Waals surface area contributed by atoms with Gasteiger partial charge in [0, 0.05) is 12.3 Å². The average Bonchev–Trinajstić information content (AvgIpc) is 2.98. The molecule has 1 aliphatic heterocycles. The van der Waals surface area contributed by atoms with E-state index < -0.39 is 6.29 Å². The molecule has 3 aliphatic carbocycles. The number of cyclic esters (lactones) is 1. The van der Waals surface area contributed by atoms with E-state index in [1.54, 1.807) is 0 Å². The Morgan fingerprint density at radius 3 is 2.37 bits per heavy atom. The molecule has 1 saturated heterocycles. The molecule has 0 radical (unpaired) electrons. The fraction of sp³-hybridized carbons (Fsp3) is 0.963. The highest BCUT2D eigenvalue weighted by Gasteiger charge is 2.61. The topological polar surface area (TPSA) is 46.5 Å². The zero-order valence-electron chi connectivity index (χ0n) is 20.2. The maximum absolute atomic E-state index is 12.0. The van der Waals surface area contributed by atoms with Crippen LogP contribution in [0.1, 0.15) is 105 Å². The third-order valence-corrected chi connectivity index (χ3v) is 10.6. The van der Waals surface area contributed by atoms with Crippen molar-refractivity contribution in [2.45, 2.75) is 112 Å². The predicted octanol–water partition coefficient (Wildman–Crippen LogP) is 6.58. The number of ether oxygens (including phenoxy) is 1. The molecular weight excluding hydrogens is 372 g/mol. The van der Waals surface area contributed by atoms with Crippen molar-refractivity contribution < 1.29 is 14.6 Å². The fourth-order valence-corrected chi connectivity index (χ4v) is 9.00. The SMILES string of the molecule is CC(C)CCC[C@H](C)[C@H]1CC[C@H]2[C@@H]3CC[C@H]4C(O)OC(=O)CC[C@]4(C)[C@H]3CC[C@]12C. The molecule has 30 heavy (non-hydrogen) atoms. The first kappa shape index (κ1) is 22.6. The summed E-state index contributed by atoms with van der Waals surface area (Å²) >= 11 is 0. The lowest BCUT2D eigenvalue weighted by Gasteiger charge is -2.59. The van der Waals surface area contributed by atoms with E-state index in [2.05, 4.69) is 34.6 Å². The Morgan fingerprint density at radius 1 is 0.933 bits per heavy atom. The molecule has 3 saturated carbocycles. The summed E-state index contributed by atoms with van der Waals surface area (Å²) in [5, 5.41) is 10.6. The molecule has 0 amide bonds. The highest BCUT2D eigenvalue weighted by Crippen LogP contribution is 2.68. The normalized spacial score (nSPS) is 47.1. The predicted molar refractivity (Wildman–Crippen MR) is 121 cm³/mol. The summed E-state index contributed by atoms with van der Waals surface area (Å²) in [5.74, 6) is 4.73. The van der Waals surface area contributed by atoms with Crippen molar-refractivity contribution in [3.8, 4) is 0 Å². The number of aliphatic hydroxyl groups is 1. The molecule has 172 valence electrons. The van der Waals surface area contributed by atoms with Crippen molar-refractivity contribution in [2.24, 2.45) is 52.3 Å². The van der Waals surface area contributed by atoms with Crippen molar-refractivity contribution in [2.75, 3.05) is 0 Å². The van der Waals surface area contributed by atoms with Crippen LogP contribution in [0.2, 0.25) is 0 Å². The van der Waals surface area contributed by atoms with E-state index >= 15 is 0 Å². The molecule has 0 spiro atoms. The third-order valence-electron chi connectivity index (χ3n) is 10.6. The van der Waals surface area contributed by atoms with Crippen molar-refractivity contribution in [1.29, 1.82) is 0 Å². The largest absolute Gasteiger partial charge is 0.436 e. The quantitative estimate of drug-likeness (QED) is 0.513. The van der Waals surface area contributed by atoms with Gasteiger partial charge >= 0.3 is 5.97 Å². The third kappa shape index (κ3) is 3.76. The van der Waals surface area contributed by atoms with Crippen molar-refractivity contribution >= 4 is 5.97 Å². The second-order valence-corrected chi connectivity index (χ2v) is 12.5. The van der Waals surface area contributed by atoms with Crippen molar-refractivity contribution in [3.05, 3.63) is 0 Å². The second-order valence-electron chi connectivity index (χ2n) is 12.5. The molecule has 9 atom stereocenters. The number of fused-ring (bicyclic) bond motifs is 5. The molecule has 1 unspecified atom stereocenters. The minimum Gasteiger partial charge on any atom is -0.436 e. The fourth-order valence-electron chi connectivity index (χ4n) is 9.00. The summed E-state index contributed by atoms with van der Waals surface area (Å²) in [6.45, 7) is 12.2. The first-order valence-electron chi connectivity index (χ1n) is 13.0. The van der Waals surface area contributed by atoms with Crippen molar-refractivity contribution in [3.63, 3.8) is 0 Å². The lowest BCUT2D eigenvalue weighted by atomic mass is 9.46. The standard InChI is InChI=1S/C27H46O3/c1-17(2)7-6-8-18(3)20-11-12-21-19-9-10-23-25(29)30-24(28)14-16-27(23,5)22(19)13-15-26(20,21)4/h17-23,25,29H,6-16H2,1-5H3/t18-,19-,20+,21-,22-,23-,25?,26+,27+/m0/s1. The maximum atomic E-state index is 12.0. The van der Waals surface area contributed by atoms with Crippen LogP contribution in [-0.2, 0) is 9.53 Å². The Labute approximate surface area is 184 Å². The molecular formula is C27H46O3. The number of esters is 1. The summed E-state index contributed by atoms with van der Waals surface area (Å²) < 4.78 is 5.35. The summed E-state index contributed by atoms with van der Waals surface area (Å²) in [7, 11) is 0. The minimum atomic E-state index is -0.892. The van der Waals surface area contributed by atoms with Crippen LogP contribution in [0, 0.1) is 52.3 Å². The van der Waals surface area contributed by atoms with Crippen LogP contribution < -0.4 is 0 Å². The van der Waals surface area contributed by atoms with Gasteiger partial charge in [0.1, 0.15) is 0 Å². The first-order chi connectivity index (χ1) is 14.2. The summed E-state index contributed by atoms with van der Waals surface area (Å²) in [5.41, 5.74) is 0.550. The smallest absolute Gasteiger partial charge is 0.308 e. The van der Waals surface area contributed by atoms with E-state index in [1.807, 2.05) is 0 Å². The molecule has 4 aliphatic rings. The van der Waals surface area contributed by atoms with Gasteiger partial charge in [-0.15, -0.1) is 0 Å². The second kappa shape index (κ2) is 8.41. The Balaban J connectivity index is 1.50. The number of rotatable bonds is 5. The molecule has 0 bridgehead atoms. The average molecular weight is 419 g/mol. The van der Waals surface area contributed by atoms with Crippen LogP contribution in [0.5, 0.6) is 0 Å². The van der Waals surface area contributed by atoms with Gasteiger partial charge in [-0.25, -0.2) is 0 Å². The van der Waals surface area contributed by atoms with Gasteiger partial charge in [0.15, 0.2) is 0 Å². The minimum absolute atomic E-state index is 0.0524. The highest BCUT2D eigenvalue weighted by molar-refractivity contribution is 5.69. The van der Waals surface area contributed by atoms with E-state index in [-0.39, 0.29) is 17.3 Å². The van der Waals surface area contributed by atoms with E-state index in [0.717, 1.165) is 42.4 Å². The maximum Gasteiger partial charge on any atom is 0.308 e. The Kier molecular flexibility index (Phi) is 6.34. The Morgan fingerprint density at radius 2 is 1.63 bits per heavy atom. The van der Waals surface area contributed by atoms with Gasteiger partial charge in [0.2, 0.25) is 6.29 Å². The van der Waals surface area contributed by atoms with Gasteiger partial charge in [0.05, 0.1) is 0 Å². The summed E-state index contributed by atoms with van der Waals surface area (Å²) in [6.07, 6.45) is 12.3. The number of hydrogen-bond acceptors (Lipinski definition) is 3. The van der Waals surface area contributed by atoms with Crippen LogP contribution in [0.15, 0.2) is 0 Å².